The van der Waals surface area contributed by atoms with Gasteiger partial charge in [0.05, 0.1) is 5.27 Å². The number of nitrogens with zero attached hydrogens (tertiary/aromatic N) is 2. The van der Waals surface area contributed by atoms with Gasteiger partial charge in [-0.2, -0.15) is 0 Å². The number of carbonyl (C=O) groups excluding carboxylic acids is 1. The number of hydrogen-bond donors (Lipinski definition) is 1. The number of thioether (sulfide) groups is 1. The predicted molar refractivity (Wildman–Crippen MR) is 67.5 cm³/mol. The number of aryl methyl sites for hydroxylation is 1. The van der Waals surface area contributed by atoms with Crippen LogP contribution < -0.4 is 15.1 Å². The smallest absolute Gasteiger partial charge is 0.290 e. The summed E-state index contributed by atoms with van der Waals surface area (Å²) in [5.74, 6) is -2.63. The third-order valence-corrected chi connectivity index (χ3v) is 3.60. The van der Waals surface area contributed by atoms with Gasteiger partial charge in [0.2, 0.25) is 5.91 Å². The van der Waals surface area contributed by atoms with E-state index >= 15 is 0 Å². The Morgan fingerprint density at radius 1 is 1.48 bits per heavy atom. The zero-order chi connectivity index (χ0) is 15.4. The van der Waals surface area contributed by atoms with E-state index in [1.54, 1.807) is 7.05 Å². The number of halogens is 2. The maximum Gasteiger partial charge on any atom is 0.290 e. The van der Waals surface area contributed by atoms with Crippen LogP contribution in [-0.4, -0.2) is 16.9 Å². The van der Waals surface area contributed by atoms with Crippen LogP contribution in [0.5, 0.6) is 5.95 Å². The van der Waals surface area contributed by atoms with E-state index in [-0.39, 0.29) is 23.0 Å². The van der Waals surface area contributed by atoms with Crippen LogP contribution in [0.4, 0.5) is 14.5 Å². The average Bonchev–Trinajstić information content (AvgIpc) is 2.74. The quantitative estimate of drug-likeness (QED) is 0.657. The van der Waals surface area contributed by atoms with Crippen molar-refractivity contribution in [2.24, 2.45) is 7.05 Å². The fourth-order valence-corrected chi connectivity index (χ4v) is 2.35. The molecule has 0 saturated carbocycles. The standard InChI is InChI=1S/C12H11F2N3O3S/c1-17-11(12(19)20-16-17)21-5-4-10(18)15-7-2-3-8(13)9(14)6-7/h2-3,6H,4-5H2,1H3,(H-,15,16,18,19). The van der Waals surface area contributed by atoms with Gasteiger partial charge >= 0.3 is 0 Å². The molecule has 9 heteroatoms. The first-order valence-corrected chi connectivity index (χ1v) is 6.86. The lowest BCUT2D eigenvalue weighted by Crippen LogP contribution is -2.32. The molecule has 2 rings (SSSR count). The fraction of sp³-hybridized carbons (Fsp3) is 0.250. The van der Waals surface area contributed by atoms with Crippen LogP contribution in [0.3, 0.4) is 0 Å². The van der Waals surface area contributed by atoms with Crippen molar-refractivity contribution in [1.29, 1.82) is 0 Å². The van der Waals surface area contributed by atoms with Crippen LogP contribution in [0.1, 0.15) is 6.42 Å². The summed E-state index contributed by atoms with van der Waals surface area (Å²) in [6, 6.07) is 3.09. The molecule has 0 unspecified atom stereocenters. The average molecular weight is 315 g/mol. The molecule has 0 spiro atoms. The van der Waals surface area contributed by atoms with Gasteiger partial charge in [0.15, 0.2) is 24.6 Å². The summed E-state index contributed by atoms with van der Waals surface area (Å²) in [5.41, 5.74) is 0.170. The van der Waals surface area contributed by atoms with E-state index < -0.39 is 17.6 Å². The Balaban J connectivity index is 1.84. The van der Waals surface area contributed by atoms with Crippen molar-refractivity contribution in [1.82, 2.24) is 5.27 Å². The number of carbonyl (C=O) groups is 1. The molecule has 0 radical (unpaired) electrons. The Bertz CT molecular complexity index is 644. The van der Waals surface area contributed by atoms with E-state index in [1.807, 2.05) is 0 Å². The molecule has 0 fully saturated rings. The third kappa shape index (κ3) is 3.91. The van der Waals surface area contributed by atoms with E-state index in [0.717, 1.165) is 23.9 Å². The zero-order valence-corrected chi connectivity index (χ0v) is 11.7. The summed E-state index contributed by atoms with van der Waals surface area (Å²) < 4.78 is 31.4. The second kappa shape index (κ2) is 6.53. The maximum atomic E-state index is 13.0. The number of amides is 1. The number of hydrogen-bond acceptors (Lipinski definition) is 5. The van der Waals surface area contributed by atoms with Crippen LogP contribution in [-0.2, 0) is 11.8 Å². The molecular weight excluding hydrogens is 304 g/mol. The van der Waals surface area contributed by atoms with E-state index in [0.29, 0.717) is 5.75 Å². The molecule has 1 heterocycles. The maximum absolute atomic E-state index is 13.0. The lowest BCUT2D eigenvalue weighted by molar-refractivity contribution is -0.772. The molecule has 0 bridgehead atoms. The summed E-state index contributed by atoms with van der Waals surface area (Å²) in [6.45, 7) is 0. The minimum absolute atomic E-state index is 0.0915. The van der Waals surface area contributed by atoms with Gasteiger partial charge in [-0.05, 0) is 12.1 Å². The number of nitrogens with one attached hydrogen (secondary N) is 1. The molecule has 6 nitrogen and oxygen atoms in total. The van der Waals surface area contributed by atoms with Gasteiger partial charge < -0.3 is 14.9 Å². The molecule has 0 atom stereocenters. The lowest BCUT2D eigenvalue weighted by Gasteiger charge is -2.05. The molecule has 1 N–H and O–H groups in total. The van der Waals surface area contributed by atoms with Crippen molar-refractivity contribution in [2.45, 2.75) is 11.4 Å². The Labute approximate surface area is 122 Å². The molecule has 1 amide bonds. The Morgan fingerprint density at radius 3 is 2.86 bits per heavy atom. The van der Waals surface area contributed by atoms with Crippen molar-refractivity contribution >= 4 is 23.4 Å². The van der Waals surface area contributed by atoms with Gasteiger partial charge in [-0.25, -0.2) is 8.78 Å². The highest BCUT2D eigenvalue weighted by Crippen LogP contribution is 2.22. The highest BCUT2D eigenvalue weighted by atomic mass is 32.2. The third-order valence-electron chi connectivity index (χ3n) is 2.49. The first-order chi connectivity index (χ1) is 9.97. The molecule has 21 heavy (non-hydrogen) atoms. The lowest BCUT2D eigenvalue weighted by atomic mass is 10.3. The molecule has 1 aromatic carbocycles. The SMILES string of the molecule is C[n+]1noc([O-])c1SCCC(=O)Nc1ccc(F)c(F)c1. The summed E-state index contributed by atoms with van der Waals surface area (Å²) in [4.78, 5) is 11.6. The first-order valence-electron chi connectivity index (χ1n) is 5.88. The van der Waals surface area contributed by atoms with Gasteiger partial charge in [-0.1, -0.05) is 16.4 Å². The number of benzene rings is 1. The minimum atomic E-state index is -1.03. The van der Waals surface area contributed by atoms with Crippen LogP contribution in [0, 0.1) is 11.6 Å². The minimum Gasteiger partial charge on any atom is -0.538 e. The zero-order valence-electron chi connectivity index (χ0n) is 10.9. The Kier molecular flexibility index (Phi) is 4.73. The van der Waals surface area contributed by atoms with Gasteiger partial charge in [0.25, 0.3) is 5.03 Å². The summed E-state index contributed by atoms with van der Waals surface area (Å²) in [7, 11) is 1.55. The van der Waals surface area contributed by atoms with Crippen molar-refractivity contribution < 1.29 is 27.9 Å². The largest absolute Gasteiger partial charge is 0.538 e. The molecular formula is C12H11F2N3O3S. The molecule has 0 aliphatic rings. The summed E-state index contributed by atoms with van der Waals surface area (Å²) in [6.07, 6.45) is 0.0915. The highest BCUT2D eigenvalue weighted by molar-refractivity contribution is 7.99. The topological polar surface area (TPSA) is 82.1 Å². The van der Waals surface area contributed by atoms with Gasteiger partial charge in [0.1, 0.15) is 0 Å². The van der Waals surface area contributed by atoms with Crippen LogP contribution in [0.15, 0.2) is 27.7 Å². The van der Waals surface area contributed by atoms with Crippen molar-refractivity contribution in [3.05, 3.63) is 29.8 Å². The van der Waals surface area contributed by atoms with E-state index in [4.69, 9.17) is 0 Å². The molecule has 0 saturated heterocycles. The van der Waals surface area contributed by atoms with Gasteiger partial charge in [0, 0.05) is 23.9 Å². The monoisotopic (exact) mass is 315 g/mol. The highest BCUT2D eigenvalue weighted by Gasteiger charge is 2.14. The number of anilines is 1. The van der Waals surface area contributed by atoms with Crippen molar-refractivity contribution in [3.8, 4) is 5.95 Å². The number of aromatic nitrogens is 2. The van der Waals surface area contributed by atoms with E-state index in [9.17, 15) is 18.7 Å². The molecule has 0 aliphatic carbocycles. The second-order valence-corrected chi connectivity index (χ2v) is 5.15. The molecule has 1 aromatic heterocycles. The second-order valence-electron chi connectivity index (χ2n) is 4.06. The van der Waals surface area contributed by atoms with E-state index in [2.05, 4.69) is 15.1 Å². The van der Waals surface area contributed by atoms with Gasteiger partial charge in [-0.15, -0.1) is 0 Å². The molecule has 112 valence electrons. The normalized spacial score (nSPS) is 10.6. The van der Waals surface area contributed by atoms with Crippen molar-refractivity contribution in [2.75, 3.05) is 11.1 Å². The van der Waals surface area contributed by atoms with Crippen LogP contribution in [0.25, 0.3) is 0 Å². The predicted octanol–water partition coefficient (Wildman–Crippen LogP) is 0.972. The summed E-state index contributed by atoms with van der Waals surface area (Å²) >= 11 is 1.12. The van der Waals surface area contributed by atoms with Crippen LogP contribution in [0.2, 0.25) is 0 Å². The fourth-order valence-electron chi connectivity index (χ4n) is 1.50. The summed E-state index contributed by atoms with van der Waals surface area (Å²) in [5, 5.41) is 17.4. The van der Waals surface area contributed by atoms with E-state index in [1.165, 1.54) is 10.7 Å². The molecule has 0 aliphatic heterocycles. The Hall–Kier alpha value is -2.16. The molecule has 2 aromatic rings. The van der Waals surface area contributed by atoms with Crippen LogP contribution >= 0.6 is 11.8 Å². The van der Waals surface area contributed by atoms with Crippen molar-refractivity contribution in [3.63, 3.8) is 0 Å². The number of rotatable bonds is 5. The first kappa shape index (κ1) is 15.2. The van der Waals surface area contributed by atoms with Gasteiger partial charge in [-0.3, -0.25) is 4.79 Å². The Morgan fingerprint density at radius 2 is 2.24 bits per heavy atom.